The first-order valence-corrected chi connectivity index (χ1v) is 10.9. The Morgan fingerprint density at radius 1 is 1.27 bits per heavy atom. The monoisotopic (exact) mass is 409 g/mol. The number of nitrogens with zero attached hydrogens (tertiary/aromatic N) is 4. The molecule has 1 unspecified atom stereocenters. The fourth-order valence-corrected chi connectivity index (χ4v) is 3.66. The van der Waals surface area contributed by atoms with Gasteiger partial charge in [0.15, 0.2) is 0 Å². The topological polar surface area (TPSA) is 70.6 Å². The van der Waals surface area contributed by atoms with Crippen molar-refractivity contribution in [1.82, 2.24) is 15.3 Å². The molecule has 1 amide bonds. The standard InChI is InChI=1S/C23H31N5O2/c1-4-27(3)23-24-13-11-21(26-23)28-14-12-20(15-28)30-19-9-7-17(8-10-19)16(2)25-22(29)18-5-6-18/h7-11,13,16,18,20H,4-6,12,14-15H2,1-3H3,(H,25,29)/t16-,20?/m0/s1. The number of ether oxygens (including phenoxy) is 1. The van der Waals surface area contributed by atoms with E-state index in [2.05, 4.69) is 27.1 Å². The molecule has 7 nitrogen and oxygen atoms in total. The maximum atomic E-state index is 12.0. The maximum Gasteiger partial charge on any atom is 0.226 e. The molecular weight excluding hydrogens is 378 g/mol. The van der Waals surface area contributed by atoms with Gasteiger partial charge in [-0.25, -0.2) is 4.98 Å². The summed E-state index contributed by atoms with van der Waals surface area (Å²) in [5.41, 5.74) is 1.10. The Balaban J connectivity index is 1.31. The molecule has 0 radical (unpaired) electrons. The number of benzene rings is 1. The summed E-state index contributed by atoms with van der Waals surface area (Å²) in [6.45, 7) is 6.70. The average Bonchev–Trinajstić information content (AvgIpc) is 3.53. The lowest BCUT2D eigenvalue weighted by atomic mass is 10.1. The van der Waals surface area contributed by atoms with E-state index < -0.39 is 0 Å². The molecule has 160 valence electrons. The third kappa shape index (κ3) is 4.83. The molecule has 2 aromatic rings. The van der Waals surface area contributed by atoms with Crippen LogP contribution in [0.5, 0.6) is 5.75 Å². The first-order chi connectivity index (χ1) is 14.5. The van der Waals surface area contributed by atoms with Crippen LogP contribution in [0.1, 0.15) is 44.7 Å². The van der Waals surface area contributed by atoms with Gasteiger partial charge in [-0.3, -0.25) is 4.79 Å². The van der Waals surface area contributed by atoms with Crippen LogP contribution in [0.25, 0.3) is 0 Å². The van der Waals surface area contributed by atoms with Gasteiger partial charge in [-0.05, 0) is 50.5 Å². The van der Waals surface area contributed by atoms with Crippen molar-refractivity contribution < 1.29 is 9.53 Å². The van der Waals surface area contributed by atoms with E-state index in [1.807, 2.05) is 55.4 Å². The molecule has 1 saturated heterocycles. The van der Waals surface area contributed by atoms with Gasteiger partial charge in [0, 0.05) is 38.7 Å². The smallest absolute Gasteiger partial charge is 0.226 e. The Hall–Kier alpha value is -2.83. The number of aromatic nitrogens is 2. The highest BCUT2D eigenvalue weighted by molar-refractivity contribution is 5.81. The molecule has 0 bridgehead atoms. The lowest BCUT2D eigenvalue weighted by Gasteiger charge is -2.20. The van der Waals surface area contributed by atoms with Crippen LogP contribution in [0.15, 0.2) is 36.5 Å². The fourth-order valence-electron chi connectivity index (χ4n) is 3.66. The Labute approximate surface area is 178 Å². The Morgan fingerprint density at radius 2 is 2.03 bits per heavy atom. The van der Waals surface area contributed by atoms with E-state index >= 15 is 0 Å². The number of carbonyl (C=O) groups is 1. The van der Waals surface area contributed by atoms with Gasteiger partial charge in [0.2, 0.25) is 11.9 Å². The lowest BCUT2D eigenvalue weighted by Crippen LogP contribution is -2.28. The van der Waals surface area contributed by atoms with Gasteiger partial charge >= 0.3 is 0 Å². The summed E-state index contributed by atoms with van der Waals surface area (Å²) < 4.78 is 6.21. The van der Waals surface area contributed by atoms with Crippen molar-refractivity contribution in [2.45, 2.75) is 45.3 Å². The molecule has 1 aromatic heterocycles. The molecule has 1 aromatic carbocycles. The summed E-state index contributed by atoms with van der Waals surface area (Å²) in [4.78, 5) is 25.3. The minimum Gasteiger partial charge on any atom is -0.489 e. The summed E-state index contributed by atoms with van der Waals surface area (Å²) in [5, 5.41) is 3.09. The molecule has 2 atom stereocenters. The number of carbonyl (C=O) groups excluding carboxylic acids is 1. The van der Waals surface area contributed by atoms with E-state index in [0.717, 1.165) is 62.0 Å². The summed E-state index contributed by atoms with van der Waals surface area (Å²) in [7, 11) is 2.00. The molecule has 2 fully saturated rings. The normalized spacial score (nSPS) is 19.4. The van der Waals surface area contributed by atoms with Crippen molar-refractivity contribution in [1.29, 1.82) is 0 Å². The Morgan fingerprint density at radius 3 is 2.73 bits per heavy atom. The number of rotatable bonds is 8. The minimum absolute atomic E-state index is 0.0161. The predicted molar refractivity (Wildman–Crippen MR) is 118 cm³/mol. The first kappa shape index (κ1) is 20.4. The van der Waals surface area contributed by atoms with E-state index in [9.17, 15) is 4.79 Å². The molecule has 4 rings (SSSR count). The number of anilines is 2. The lowest BCUT2D eigenvalue weighted by molar-refractivity contribution is -0.122. The van der Waals surface area contributed by atoms with Crippen molar-refractivity contribution in [2.75, 3.05) is 36.5 Å². The van der Waals surface area contributed by atoms with Gasteiger partial charge in [-0.15, -0.1) is 0 Å². The largest absolute Gasteiger partial charge is 0.489 e. The number of nitrogens with one attached hydrogen (secondary N) is 1. The summed E-state index contributed by atoms with van der Waals surface area (Å²) >= 11 is 0. The molecule has 1 N–H and O–H groups in total. The average molecular weight is 410 g/mol. The minimum atomic E-state index is 0.0161. The van der Waals surface area contributed by atoms with Crippen molar-refractivity contribution in [3.8, 4) is 5.75 Å². The van der Waals surface area contributed by atoms with Gasteiger partial charge in [0.05, 0.1) is 12.6 Å². The van der Waals surface area contributed by atoms with Gasteiger partial charge in [0.25, 0.3) is 0 Å². The van der Waals surface area contributed by atoms with Crippen LogP contribution in [0.4, 0.5) is 11.8 Å². The van der Waals surface area contributed by atoms with Crippen LogP contribution >= 0.6 is 0 Å². The second kappa shape index (κ2) is 8.90. The maximum absolute atomic E-state index is 12.0. The van der Waals surface area contributed by atoms with Crippen LogP contribution in [0, 0.1) is 5.92 Å². The third-order valence-electron chi connectivity index (χ3n) is 5.90. The first-order valence-electron chi connectivity index (χ1n) is 10.9. The summed E-state index contributed by atoms with van der Waals surface area (Å²) in [5.74, 6) is 2.96. The van der Waals surface area contributed by atoms with Crippen LogP contribution < -0.4 is 19.9 Å². The number of hydrogen-bond donors (Lipinski definition) is 1. The van der Waals surface area contributed by atoms with Gasteiger partial charge in [-0.1, -0.05) is 12.1 Å². The molecule has 2 aliphatic rings. The zero-order chi connectivity index (χ0) is 21.1. The number of hydrogen-bond acceptors (Lipinski definition) is 6. The van der Waals surface area contributed by atoms with E-state index in [0.29, 0.717) is 0 Å². The summed E-state index contributed by atoms with van der Waals surface area (Å²) in [6.07, 6.45) is 4.95. The fraction of sp³-hybridized carbons (Fsp3) is 0.522. The van der Waals surface area contributed by atoms with Gasteiger partial charge in [-0.2, -0.15) is 4.98 Å². The van der Waals surface area contributed by atoms with Crippen molar-refractivity contribution >= 4 is 17.7 Å². The quantitative estimate of drug-likeness (QED) is 0.722. The Bertz CT molecular complexity index is 868. The predicted octanol–water partition coefficient (Wildman–Crippen LogP) is 3.18. The molecule has 2 heterocycles. The van der Waals surface area contributed by atoms with E-state index in [1.165, 1.54) is 0 Å². The zero-order valence-electron chi connectivity index (χ0n) is 18.0. The van der Waals surface area contributed by atoms with E-state index in [-0.39, 0.29) is 24.0 Å². The van der Waals surface area contributed by atoms with Crippen LogP contribution in [-0.2, 0) is 4.79 Å². The van der Waals surface area contributed by atoms with Crippen molar-refractivity contribution in [3.05, 3.63) is 42.1 Å². The second-order valence-electron chi connectivity index (χ2n) is 8.28. The Kier molecular flexibility index (Phi) is 6.06. The highest BCUT2D eigenvalue weighted by Crippen LogP contribution is 2.30. The van der Waals surface area contributed by atoms with Gasteiger partial charge in [0.1, 0.15) is 17.7 Å². The highest BCUT2D eigenvalue weighted by Gasteiger charge is 2.30. The van der Waals surface area contributed by atoms with Crippen LogP contribution in [0.2, 0.25) is 0 Å². The van der Waals surface area contributed by atoms with Crippen molar-refractivity contribution in [2.24, 2.45) is 5.92 Å². The van der Waals surface area contributed by atoms with E-state index in [4.69, 9.17) is 4.74 Å². The zero-order valence-corrected chi connectivity index (χ0v) is 18.0. The third-order valence-corrected chi connectivity index (χ3v) is 5.90. The SMILES string of the molecule is CCN(C)c1nccc(N2CCC(Oc3ccc([C@H](C)NC(=O)C4CC4)cc3)C2)n1. The van der Waals surface area contributed by atoms with Crippen molar-refractivity contribution in [3.63, 3.8) is 0 Å². The van der Waals surface area contributed by atoms with Gasteiger partial charge < -0.3 is 19.9 Å². The molecular formula is C23H31N5O2. The molecule has 1 aliphatic carbocycles. The molecule has 1 aliphatic heterocycles. The number of amides is 1. The molecule has 7 heteroatoms. The highest BCUT2D eigenvalue weighted by atomic mass is 16.5. The van der Waals surface area contributed by atoms with Crippen LogP contribution in [0.3, 0.4) is 0 Å². The molecule has 30 heavy (non-hydrogen) atoms. The van der Waals surface area contributed by atoms with Crippen LogP contribution in [-0.4, -0.2) is 48.7 Å². The second-order valence-corrected chi connectivity index (χ2v) is 8.28. The summed E-state index contributed by atoms with van der Waals surface area (Å²) in [6, 6.07) is 10.0. The molecule has 1 saturated carbocycles. The van der Waals surface area contributed by atoms with E-state index in [1.54, 1.807) is 0 Å². The molecule has 0 spiro atoms.